The predicted molar refractivity (Wildman–Crippen MR) is 138 cm³/mol. The monoisotopic (exact) mass is 495 g/mol. The number of fused-ring (bicyclic) bond motifs is 1. The van der Waals surface area contributed by atoms with Gasteiger partial charge in [0.15, 0.2) is 5.13 Å². The largest absolute Gasteiger partial charge is 0.302 e. The molecule has 0 bridgehead atoms. The van der Waals surface area contributed by atoms with E-state index in [4.69, 9.17) is 4.98 Å². The fourth-order valence-corrected chi connectivity index (χ4v) is 5.32. The smallest absolute Gasteiger partial charge is 0.228 e. The number of hydrogen-bond acceptors (Lipinski definition) is 5. The molecule has 0 fully saturated rings. The van der Waals surface area contributed by atoms with Crippen LogP contribution in [0.1, 0.15) is 32.3 Å². The van der Waals surface area contributed by atoms with Crippen LogP contribution in [0.25, 0.3) is 10.2 Å². The minimum Gasteiger partial charge on any atom is -0.302 e. The van der Waals surface area contributed by atoms with Crippen molar-refractivity contribution in [2.45, 2.75) is 38.5 Å². The van der Waals surface area contributed by atoms with Crippen LogP contribution in [-0.2, 0) is 4.79 Å². The molecular formula is C24H31ClFN3OS2. The Labute approximate surface area is 204 Å². The standard InChI is InChI=1S/C24H30FN3OS2.ClH/c1-4-27(5-2)15-16-28(24-26-23-18(3)8-6-9-21(23)31-24)22(29)10-7-17-30-20-13-11-19(25)12-14-20;/h6,8-9,11-14H,4-5,7,10,15-17H2,1-3H3;1H. The topological polar surface area (TPSA) is 36.4 Å². The first kappa shape index (κ1) is 26.6. The van der Waals surface area contributed by atoms with Crippen molar-refractivity contribution in [2.24, 2.45) is 0 Å². The lowest BCUT2D eigenvalue weighted by Crippen LogP contribution is -2.38. The number of hydrogen-bond donors (Lipinski definition) is 0. The quantitative estimate of drug-likeness (QED) is 0.227. The second-order valence-corrected chi connectivity index (χ2v) is 9.57. The van der Waals surface area contributed by atoms with Crippen LogP contribution in [0.2, 0.25) is 0 Å². The zero-order valence-corrected chi connectivity index (χ0v) is 21.3. The van der Waals surface area contributed by atoms with E-state index >= 15 is 0 Å². The maximum absolute atomic E-state index is 13.2. The maximum atomic E-state index is 13.2. The number of thioether (sulfide) groups is 1. The fourth-order valence-electron chi connectivity index (χ4n) is 3.38. The van der Waals surface area contributed by atoms with E-state index in [1.165, 1.54) is 12.1 Å². The molecule has 1 aromatic heterocycles. The van der Waals surface area contributed by atoms with Crippen molar-refractivity contribution in [3.63, 3.8) is 0 Å². The number of nitrogens with zero attached hydrogens (tertiary/aromatic N) is 3. The second-order valence-electron chi connectivity index (χ2n) is 7.40. The summed E-state index contributed by atoms with van der Waals surface area (Å²) in [4.78, 5) is 23.2. The molecule has 0 radical (unpaired) electrons. The highest BCUT2D eigenvalue weighted by molar-refractivity contribution is 7.99. The second kappa shape index (κ2) is 13.1. The molecule has 0 saturated carbocycles. The SMILES string of the molecule is CCN(CC)CCN(C(=O)CCCSc1ccc(F)cc1)c1nc2c(C)cccc2s1.Cl. The van der Waals surface area contributed by atoms with Crippen LogP contribution in [0.15, 0.2) is 47.4 Å². The number of likely N-dealkylation sites (N-methyl/N-ethyl adjacent to an activating group) is 1. The maximum Gasteiger partial charge on any atom is 0.228 e. The summed E-state index contributed by atoms with van der Waals surface area (Å²) in [5.41, 5.74) is 2.11. The third-order valence-corrected chi connectivity index (χ3v) is 7.43. The van der Waals surface area contributed by atoms with Crippen molar-refractivity contribution >= 4 is 56.8 Å². The minimum absolute atomic E-state index is 0. The lowest BCUT2D eigenvalue weighted by atomic mass is 10.2. The van der Waals surface area contributed by atoms with Gasteiger partial charge >= 0.3 is 0 Å². The van der Waals surface area contributed by atoms with Gasteiger partial charge in [-0.2, -0.15) is 0 Å². The number of amides is 1. The van der Waals surface area contributed by atoms with Crippen molar-refractivity contribution in [1.29, 1.82) is 0 Å². The van der Waals surface area contributed by atoms with Gasteiger partial charge in [-0.3, -0.25) is 9.69 Å². The Morgan fingerprint density at radius 2 is 1.81 bits per heavy atom. The molecule has 4 nitrogen and oxygen atoms in total. The Hall–Kier alpha value is -1.67. The number of halogens is 2. The highest BCUT2D eigenvalue weighted by Gasteiger charge is 2.20. The Balaban J connectivity index is 0.00000363. The van der Waals surface area contributed by atoms with Gasteiger partial charge in [0, 0.05) is 24.4 Å². The lowest BCUT2D eigenvalue weighted by molar-refractivity contribution is -0.118. The summed E-state index contributed by atoms with van der Waals surface area (Å²) in [5, 5.41) is 0.785. The third-order valence-electron chi connectivity index (χ3n) is 5.29. The van der Waals surface area contributed by atoms with Crippen LogP contribution in [-0.4, -0.2) is 47.7 Å². The first-order valence-electron chi connectivity index (χ1n) is 10.8. The highest BCUT2D eigenvalue weighted by Crippen LogP contribution is 2.31. The number of benzene rings is 2. The third kappa shape index (κ3) is 7.17. The number of aryl methyl sites for hydroxylation is 1. The van der Waals surface area contributed by atoms with Crippen LogP contribution in [0.5, 0.6) is 0 Å². The Morgan fingerprint density at radius 1 is 1.09 bits per heavy atom. The summed E-state index contributed by atoms with van der Waals surface area (Å²) in [5.74, 6) is 0.707. The first-order valence-corrected chi connectivity index (χ1v) is 12.6. The van der Waals surface area contributed by atoms with E-state index in [9.17, 15) is 9.18 Å². The molecule has 8 heteroatoms. The van der Waals surface area contributed by atoms with Gasteiger partial charge < -0.3 is 4.90 Å². The summed E-state index contributed by atoms with van der Waals surface area (Å²) in [6.07, 6.45) is 1.24. The molecule has 3 rings (SSSR count). The number of thiazole rings is 1. The number of carbonyl (C=O) groups excluding carboxylic acids is 1. The predicted octanol–water partition coefficient (Wildman–Crippen LogP) is 6.41. The van der Waals surface area contributed by atoms with Gasteiger partial charge in [0.05, 0.1) is 10.2 Å². The molecule has 174 valence electrons. The van der Waals surface area contributed by atoms with Gasteiger partial charge in [0.2, 0.25) is 5.91 Å². The van der Waals surface area contributed by atoms with Gasteiger partial charge in [-0.25, -0.2) is 9.37 Å². The normalized spacial score (nSPS) is 11.0. The molecule has 0 aliphatic rings. The van der Waals surface area contributed by atoms with Gasteiger partial charge in [-0.05, 0) is 68.1 Å². The van der Waals surface area contributed by atoms with Crippen LogP contribution >= 0.6 is 35.5 Å². The number of aromatic nitrogens is 1. The molecule has 3 aromatic rings. The summed E-state index contributed by atoms with van der Waals surface area (Å²) in [7, 11) is 0. The molecule has 0 aliphatic carbocycles. The molecule has 32 heavy (non-hydrogen) atoms. The lowest BCUT2D eigenvalue weighted by Gasteiger charge is -2.24. The first-order chi connectivity index (χ1) is 15.0. The average Bonchev–Trinajstić information content (AvgIpc) is 3.21. The van der Waals surface area contributed by atoms with Gasteiger partial charge in [-0.1, -0.05) is 37.3 Å². The van der Waals surface area contributed by atoms with Crippen molar-refractivity contribution in [1.82, 2.24) is 9.88 Å². The van der Waals surface area contributed by atoms with Crippen LogP contribution < -0.4 is 4.90 Å². The molecule has 1 heterocycles. The van der Waals surface area contributed by atoms with E-state index in [0.29, 0.717) is 13.0 Å². The van der Waals surface area contributed by atoms with Gasteiger partial charge in [0.25, 0.3) is 0 Å². The van der Waals surface area contributed by atoms with Crippen LogP contribution in [0.3, 0.4) is 0 Å². The number of rotatable bonds is 11. The molecule has 2 aromatic carbocycles. The molecular weight excluding hydrogens is 465 g/mol. The Bertz CT molecular complexity index is 993. The van der Waals surface area contributed by atoms with Gasteiger partial charge in [0.1, 0.15) is 5.82 Å². The molecule has 0 aliphatic heterocycles. The molecule has 1 amide bonds. The number of carbonyl (C=O) groups is 1. The van der Waals surface area contributed by atoms with E-state index < -0.39 is 0 Å². The molecule has 0 spiro atoms. The van der Waals surface area contributed by atoms with E-state index in [-0.39, 0.29) is 24.1 Å². The van der Waals surface area contributed by atoms with Crippen molar-refractivity contribution in [3.05, 3.63) is 53.8 Å². The zero-order chi connectivity index (χ0) is 22.2. The fraction of sp³-hybridized carbons (Fsp3) is 0.417. The van der Waals surface area contributed by atoms with Crippen LogP contribution in [0, 0.1) is 12.7 Å². The Morgan fingerprint density at radius 3 is 2.47 bits per heavy atom. The van der Waals surface area contributed by atoms with Crippen molar-refractivity contribution in [3.8, 4) is 0 Å². The highest BCUT2D eigenvalue weighted by atomic mass is 35.5. The molecule has 0 unspecified atom stereocenters. The van der Waals surface area contributed by atoms with E-state index in [2.05, 4.69) is 37.8 Å². The van der Waals surface area contributed by atoms with E-state index in [1.54, 1.807) is 35.2 Å². The summed E-state index contributed by atoms with van der Waals surface area (Å²) in [6, 6.07) is 12.7. The number of anilines is 1. The average molecular weight is 496 g/mol. The molecule has 0 saturated heterocycles. The summed E-state index contributed by atoms with van der Waals surface area (Å²) < 4.78 is 14.2. The van der Waals surface area contributed by atoms with E-state index in [1.807, 2.05) is 11.0 Å². The van der Waals surface area contributed by atoms with E-state index in [0.717, 1.165) is 57.6 Å². The zero-order valence-electron chi connectivity index (χ0n) is 18.8. The van der Waals surface area contributed by atoms with Crippen molar-refractivity contribution in [2.75, 3.05) is 36.8 Å². The minimum atomic E-state index is -0.227. The van der Waals surface area contributed by atoms with Crippen molar-refractivity contribution < 1.29 is 9.18 Å². The summed E-state index contributed by atoms with van der Waals surface area (Å²) >= 11 is 3.24. The Kier molecular flexibility index (Phi) is 10.9. The molecule has 0 atom stereocenters. The number of para-hydroxylation sites is 1. The summed E-state index contributed by atoms with van der Waals surface area (Å²) in [6.45, 7) is 9.74. The molecule has 0 N–H and O–H groups in total. The van der Waals surface area contributed by atoms with Gasteiger partial charge in [-0.15, -0.1) is 24.2 Å². The van der Waals surface area contributed by atoms with Crippen LogP contribution in [0.4, 0.5) is 9.52 Å².